The second-order valence-electron chi connectivity index (χ2n) is 5.71. The second kappa shape index (κ2) is 6.64. The maximum absolute atomic E-state index is 12.8. The van der Waals surface area contributed by atoms with Crippen molar-refractivity contribution in [2.75, 3.05) is 5.73 Å². The van der Waals surface area contributed by atoms with Gasteiger partial charge in [-0.2, -0.15) is 18.2 Å². The second-order valence-corrected chi connectivity index (χ2v) is 6.77. The highest BCUT2D eigenvalue weighted by Gasteiger charge is 2.31. The summed E-state index contributed by atoms with van der Waals surface area (Å²) >= 11 is 1.31. The van der Waals surface area contributed by atoms with E-state index in [1.54, 1.807) is 12.1 Å². The van der Waals surface area contributed by atoms with Crippen LogP contribution in [0.15, 0.2) is 48.7 Å². The van der Waals surface area contributed by atoms with E-state index in [2.05, 4.69) is 15.0 Å². The predicted molar refractivity (Wildman–Crippen MR) is 98.2 cm³/mol. The van der Waals surface area contributed by atoms with Gasteiger partial charge in [-0.05, 0) is 30.3 Å². The molecule has 0 amide bonds. The molecule has 0 unspecified atom stereocenters. The maximum Gasteiger partial charge on any atom is 0.416 e. The summed E-state index contributed by atoms with van der Waals surface area (Å²) < 4.78 is 44.9. The quantitative estimate of drug-likeness (QED) is 0.507. The molecule has 2 heterocycles. The van der Waals surface area contributed by atoms with Gasteiger partial charge in [0.05, 0.1) is 15.8 Å². The Balaban J connectivity index is 1.68. The molecule has 0 spiro atoms. The van der Waals surface area contributed by atoms with Crippen LogP contribution in [0.25, 0.3) is 21.6 Å². The van der Waals surface area contributed by atoms with Crippen molar-refractivity contribution in [3.8, 4) is 28.8 Å². The highest BCUT2D eigenvalue weighted by Crippen LogP contribution is 2.37. The number of phenolic OH excluding ortho intramolecular Hbond substituents is 1. The summed E-state index contributed by atoms with van der Waals surface area (Å²) in [6.07, 6.45) is -3.18. The topological polar surface area (TPSA) is 94.2 Å². The number of nitrogens with zero attached hydrogens (tertiary/aromatic N) is 3. The summed E-state index contributed by atoms with van der Waals surface area (Å²) in [5.41, 5.74) is 5.39. The third-order valence-electron chi connectivity index (χ3n) is 3.81. The van der Waals surface area contributed by atoms with Crippen LogP contribution >= 0.6 is 11.3 Å². The standard InChI is InChI=1S/C18H11F3N4O2S/c19-18(20,21)9-4-5-10(11(26)8-9)16-23-7-6-14(24-16)27-12-2-1-3-13-15(12)25-17(22)28-13/h1-8,26H,(H2,22,25). The van der Waals surface area contributed by atoms with Crippen LogP contribution < -0.4 is 10.5 Å². The van der Waals surface area contributed by atoms with Gasteiger partial charge in [-0.15, -0.1) is 0 Å². The SMILES string of the molecule is Nc1nc2c(Oc3ccnc(-c4ccc(C(F)(F)F)cc4O)n3)cccc2s1. The number of benzene rings is 2. The molecule has 0 saturated heterocycles. The average Bonchev–Trinajstić information content (AvgIpc) is 3.02. The number of para-hydroxylation sites is 1. The van der Waals surface area contributed by atoms with Crippen LogP contribution in [0.5, 0.6) is 17.4 Å². The molecule has 4 aromatic rings. The van der Waals surface area contributed by atoms with Crippen molar-refractivity contribution in [2.24, 2.45) is 0 Å². The lowest BCUT2D eigenvalue weighted by molar-refractivity contribution is -0.137. The predicted octanol–water partition coefficient (Wildman–Crippen LogP) is 4.85. The molecule has 2 aromatic heterocycles. The fourth-order valence-corrected chi connectivity index (χ4v) is 3.31. The Morgan fingerprint density at radius 1 is 1.07 bits per heavy atom. The van der Waals surface area contributed by atoms with Crippen LogP contribution in [0.4, 0.5) is 18.3 Å². The molecule has 0 fully saturated rings. The van der Waals surface area contributed by atoms with Crippen LogP contribution in [0, 0.1) is 0 Å². The molecule has 3 N–H and O–H groups in total. The summed E-state index contributed by atoms with van der Waals surface area (Å²) in [5.74, 6) is 0.00477. The number of aromatic hydroxyl groups is 1. The number of fused-ring (bicyclic) bond motifs is 1. The van der Waals surface area contributed by atoms with Gasteiger partial charge in [0.25, 0.3) is 0 Å². The van der Waals surface area contributed by atoms with Crippen molar-refractivity contribution < 1.29 is 23.0 Å². The van der Waals surface area contributed by atoms with Crippen LogP contribution in [-0.4, -0.2) is 20.1 Å². The molecule has 4 rings (SSSR count). The number of nitrogens with two attached hydrogens (primary N) is 1. The van der Waals surface area contributed by atoms with Gasteiger partial charge in [0.15, 0.2) is 16.7 Å². The number of aromatic nitrogens is 3. The number of ether oxygens (including phenoxy) is 1. The number of phenols is 1. The Kier molecular flexibility index (Phi) is 4.27. The van der Waals surface area contributed by atoms with Gasteiger partial charge in [0.1, 0.15) is 11.3 Å². The molecule has 0 saturated carbocycles. The lowest BCUT2D eigenvalue weighted by Gasteiger charge is -2.10. The number of thiazole rings is 1. The van der Waals surface area contributed by atoms with E-state index in [0.717, 1.165) is 16.8 Å². The van der Waals surface area contributed by atoms with Crippen molar-refractivity contribution in [2.45, 2.75) is 6.18 Å². The summed E-state index contributed by atoms with van der Waals surface area (Å²) in [5, 5.41) is 10.4. The van der Waals surface area contributed by atoms with Gasteiger partial charge in [0, 0.05) is 12.3 Å². The monoisotopic (exact) mass is 404 g/mol. The number of alkyl halides is 3. The zero-order valence-corrected chi connectivity index (χ0v) is 14.8. The molecule has 0 bridgehead atoms. The van der Waals surface area contributed by atoms with Crippen molar-refractivity contribution in [1.82, 2.24) is 15.0 Å². The van der Waals surface area contributed by atoms with Gasteiger partial charge in [-0.25, -0.2) is 9.97 Å². The van der Waals surface area contributed by atoms with E-state index in [0.29, 0.717) is 22.5 Å². The zero-order valence-electron chi connectivity index (χ0n) is 13.9. The minimum Gasteiger partial charge on any atom is -0.507 e. The summed E-state index contributed by atoms with van der Waals surface area (Å²) in [4.78, 5) is 12.4. The first-order valence-electron chi connectivity index (χ1n) is 7.88. The first kappa shape index (κ1) is 18.0. The van der Waals surface area contributed by atoms with E-state index >= 15 is 0 Å². The van der Waals surface area contributed by atoms with E-state index in [1.807, 2.05) is 6.07 Å². The fourth-order valence-electron chi connectivity index (χ4n) is 2.56. The number of anilines is 1. The normalized spacial score (nSPS) is 11.7. The Hall–Kier alpha value is -3.40. The molecular weight excluding hydrogens is 393 g/mol. The smallest absolute Gasteiger partial charge is 0.416 e. The molecule has 0 aliphatic rings. The average molecular weight is 404 g/mol. The molecule has 142 valence electrons. The highest BCUT2D eigenvalue weighted by molar-refractivity contribution is 7.22. The van der Waals surface area contributed by atoms with E-state index in [4.69, 9.17) is 10.5 Å². The van der Waals surface area contributed by atoms with Gasteiger partial charge in [-0.3, -0.25) is 0 Å². The minimum atomic E-state index is -4.56. The van der Waals surface area contributed by atoms with Crippen LogP contribution in [0.1, 0.15) is 5.56 Å². The van der Waals surface area contributed by atoms with Gasteiger partial charge < -0.3 is 15.6 Å². The zero-order chi connectivity index (χ0) is 19.9. The molecule has 0 radical (unpaired) electrons. The number of hydrogen-bond donors (Lipinski definition) is 2. The minimum absolute atomic E-state index is 0.0219. The van der Waals surface area contributed by atoms with E-state index in [1.165, 1.54) is 23.6 Å². The molecule has 10 heteroatoms. The molecule has 2 aromatic carbocycles. The Morgan fingerprint density at radius 3 is 2.64 bits per heavy atom. The van der Waals surface area contributed by atoms with E-state index < -0.39 is 17.5 Å². The third kappa shape index (κ3) is 3.41. The Labute approximate surface area is 160 Å². The number of rotatable bonds is 3. The lowest BCUT2D eigenvalue weighted by Crippen LogP contribution is -2.04. The first-order valence-corrected chi connectivity index (χ1v) is 8.69. The van der Waals surface area contributed by atoms with Crippen LogP contribution in [-0.2, 0) is 6.18 Å². The largest absolute Gasteiger partial charge is 0.507 e. The number of halogens is 3. The van der Waals surface area contributed by atoms with Crippen LogP contribution in [0.3, 0.4) is 0 Å². The van der Waals surface area contributed by atoms with Gasteiger partial charge in [0.2, 0.25) is 5.88 Å². The van der Waals surface area contributed by atoms with Crippen molar-refractivity contribution in [1.29, 1.82) is 0 Å². The number of hydrogen-bond acceptors (Lipinski definition) is 7. The fraction of sp³-hybridized carbons (Fsp3) is 0.0556. The Morgan fingerprint density at radius 2 is 1.89 bits per heavy atom. The summed E-state index contributed by atoms with van der Waals surface area (Å²) in [6, 6.07) is 9.40. The van der Waals surface area contributed by atoms with Gasteiger partial charge in [-0.1, -0.05) is 17.4 Å². The first-order chi connectivity index (χ1) is 13.3. The molecule has 0 aliphatic carbocycles. The van der Waals surface area contributed by atoms with Gasteiger partial charge >= 0.3 is 6.18 Å². The van der Waals surface area contributed by atoms with Crippen LogP contribution in [0.2, 0.25) is 0 Å². The van der Waals surface area contributed by atoms with Crippen molar-refractivity contribution in [3.63, 3.8) is 0 Å². The van der Waals surface area contributed by atoms with Crippen molar-refractivity contribution >= 4 is 26.7 Å². The van der Waals surface area contributed by atoms with E-state index in [9.17, 15) is 18.3 Å². The highest BCUT2D eigenvalue weighted by atomic mass is 32.1. The Bertz CT molecular complexity index is 1180. The van der Waals surface area contributed by atoms with E-state index in [-0.39, 0.29) is 17.3 Å². The summed E-state index contributed by atoms with van der Waals surface area (Å²) in [7, 11) is 0. The lowest BCUT2D eigenvalue weighted by atomic mass is 10.1. The maximum atomic E-state index is 12.8. The third-order valence-corrected chi connectivity index (χ3v) is 4.66. The molecule has 28 heavy (non-hydrogen) atoms. The molecular formula is C18H11F3N4O2S. The molecule has 0 atom stereocenters. The molecule has 0 aliphatic heterocycles. The summed E-state index contributed by atoms with van der Waals surface area (Å²) in [6.45, 7) is 0. The van der Waals surface area contributed by atoms with Crippen molar-refractivity contribution in [3.05, 3.63) is 54.2 Å². The molecule has 6 nitrogen and oxygen atoms in total. The number of nitrogen functional groups attached to an aromatic ring is 1.